The van der Waals surface area contributed by atoms with Crippen molar-refractivity contribution < 1.29 is 4.39 Å². The fourth-order valence-corrected chi connectivity index (χ4v) is 3.45. The van der Waals surface area contributed by atoms with E-state index in [-0.39, 0.29) is 11.4 Å². The number of hydrogen-bond donors (Lipinski definition) is 1. The molecule has 0 atom stereocenters. The third kappa shape index (κ3) is 1.91. The maximum absolute atomic E-state index is 13.3. The van der Waals surface area contributed by atoms with E-state index in [1.807, 2.05) is 9.95 Å². The molecule has 2 heterocycles. The lowest BCUT2D eigenvalue weighted by molar-refractivity contribution is 0.441. The fourth-order valence-electron chi connectivity index (χ4n) is 2.26. The van der Waals surface area contributed by atoms with Crippen LogP contribution in [0.25, 0.3) is 11.0 Å². The van der Waals surface area contributed by atoms with Crippen LogP contribution in [0.1, 0.15) is 18.9 Å². The molecular weight excluding hydrogens is 281 g/mol. The topological polar surface area (TPSA) is 33.6 Å². The van der Waals surface area contributed by atoms with Gasteiger partial charge < -0.3 is 9.55 Å². The lowest BCUT2D eigenvalue weighted by Crippen LogP contribution is -2.27. The minimum atomic E-state index is -0.374. The summed E-state index contributed by atoms with van der Waals surface area (Å²) in [6.07, 6.45) is 1.78. The number of thiazole rings is 1. The van der Waals surface area contributed by atoms with Crippen LogP contribution in [0.15, 0.2) is 29.8 Å². The van der Waals surface area contributed by atoms with E-state index in [4.69, 9.17) is 12.2 Å². The van der Waals surface area contributed by atoms with Crippen molar-refractivity contribution in [3.63, 3.8) is 0 Å². The summed E-state index contributed by atoms with van der Waals surface area (Å²) in [4.78, 5) is 7.42. The number of aromatic amines is 1. The molecule has 98 valence electrons. The van der Waals surface area contributed by atoms with Crippen molar-refractivity contribution in [2.75, 3.05) is 0 Å². The van der Waals surface area contributed by atoms with Gasteiger partial charge in [0, 0.05) is 11.6 Å². The predicted molar refractivity (Wildman–Crippen MR) is 77.6 cm³/mol. The van der Waals surface area contributed by atoms with Crippen LogP contribution >= 0.6 is 23.6 Å². The Labute approximate surface area is 118 Å². The summed E-state index contributed by atoms with van der Waals surface area (Å²) in [7, 11) is 0. The van der Waals surface area contributed by atoms with E-state index in [0.717, 1.165) is 10.5 Å². The standard InChI is InChI=1S/C13H12FN3S2/c1-13(2,11-15-5-6-19-11)17-10-4-3-8(14)7-9(10)16-12(17)18/h3-7H,1-2H3,(H,16,18). The van der Waals surface area contributed by atoms with E-state index < -0.39 is 0 Å². The Morgan fingerprint density at radius 1 is 1.42 bits per heavy atom. The highest BCUT2D eigenvalue weighted by Gasteiger charge is 2.28. The number of aromatic nitrogens is 3. The van der Waals surface area contributed by atoms with E-state index in [2.05, 4.69) is 23.8 Å². The molecule has 1 aromatic carbocycles. The van der Waals surface area contributed by atoms with Gasteiger partial charge in [0.25, 0.3) is 0 Å². The van der Waals surface area contributed by atoms with Gasteiger partial charge in [0.15, 0.2) is 4.77 Å². The Kier molecular flexibility index (Phi) is 2.79. The Morgan fingerprint density at radius 2 is 2.21 bits per heavy atom. The lowest BCUT2D eigenvalue weighted by Gasteiger charge is -2.25. The first-order chi connectivity index (χ1) is 9.00. The van der Waals surface area contributed by atoms with Crippen LogP contribution in [0.3, 0.4) is 0 Å². The van der Waals surface area contributed by atoms with E-state index in [9.17, 15) is 4.39 Å². The molecule has 6 heteroatoms. The number of fused-ring (bicyclic) bond motifs is 1. The third-order valence-corrected chi connectivity index (χ3v) is 4.53. The number of H-pyrrole nitrogens is 1. The summed E-state index contributed by atoms with van der Waals surface area (Å²) in [5.41, 5.74) is 1.21. The van der Waals surface area contributed by atoms with Gasteiger partial charge in [0.1, 0.15) is 10.8 Å². The zero-order valence-electron chi connectivity index (χ0n) is 10.5. The van der Waals surface area contributed by atoms with Gasteiger partial charge in [-0.15, -0.1) is 11.3 Å². The van der Waals surface area contributed by atoms with E-state index >= 15 is 0 Å². The van der Waals surface area contributed by atoms with Crippen molar-refractivity contribution in [2.24, 2.45) is 0 Å². The molecule has 0 aliphatic rings. The second kappa shape index (κ2) is 4.25. The van der Waals surface area contributed by atoms with Crippen LogP contribution in [0, 0.1) is 10.6 Å². The van der Waals surface area contributed by atoms with Gasteiger partial charge in [-0.25, -0.2) is 9.37 Å². The van der Waals surface area contributed by atoms with Gasteiger partial charge in [-0.05, 0) is 44.3 Å². The van der Waals surface area contributed by atoms with Gasteiger partial charge in [-0.3, -0.25) is 0 Å². The lowest BCUT2D eigenvalue weighted by atomic mass is 10.1. The second-order valence-electron chi connectivity index (χ2n) is 4.82. The molecule has 0 radical (unpaired) electrons. The minimum Gasteiger partial charge on any atom is -0.330 e. The first kappa shape index (κ1) is 12.5. The summed E-state index contributed by atoms with van der Waals surface area (Å²) >= 11 is 6.96. The second-order valence-corrected chi connectivity index (χ2v) is 6.10. The SMILES string of the molecule is CC(C)(c1nccs1)n1c(=S)[nH]c2cc(F)ccc21. The zero-order chi connectivity index (χ0) is 13.6. The summed E-state index contributed by atoms with van der Waals surface area (Å²) in [6.45, 7) is 4.11. The molecule has 0 amide bonds. The van der Waals surface area contributed by atoms with Crippen molar-refractivity contribution in [3.05, 3.63) is 45.4 Å². The summed E-state index contributed by atoms with van der Waals surface area (Å²) in [5, 5.41) is 2.91. The number of rotatable bonds is 2. The normalized spacial score (nSPS) is 12.2. The zero-order valence-corrected chi connectivity index (χ0v) is 12.1. The van der Waals surface area contributed by atoms with Crippen molar-refractivity contribution in [3.8, 4) is 0 Å². The fraction of sp³-hybridized carbons (Fsp3) is 0.231. The van der Waals surface area contributed by atoms with E-state index in [0.29, 0.717) is 10.3 Å². The van der Waals surface area contributed by atoms with Crippen LogP contribution in [0.4, 0.5) is 4.39 Å². The molecule has 19 heavy (non-hydrogen) atoms. The minimum absolute atomic E-state index is 0.275. The monoisotopic (exact) mass is 293 g/mol. The maximum atomic E-state index is 13.3. The smallest absolute Gasteiger partial charge is 0.178 e. The molecule has 3 aromatic rings. The van der Waals surface area contributed by atoms with Gasteiger partial charge in [0.05, 0.1) is 16.6 Å². The van der Waals surface area contributed by atoms with Gasteiger partial charge in [-0.1, -0.05) is 0 Å². The van der Waals surface area contributed by atoms with Crippen molar-refractivity contribution in [1.29, 1.82) is 0 Å². The van der Waals surface area contributed by atoms with Crippen LogP contribution < -0.4 is 0 Å². The molecule has 0 saturated carbocycles. The number of nitrogens with zero attached hydrogens (tertiary/aromatic N) is 2. The molecule has 0 aliphatic carbocycles. The van der Waals surface area contributed by atoms with Crippen LogP contribution in [-0.2, 0) is 5.54 Å². The highest BCUT2D eigenvalue weighted by molar-refractivity contribution is 7.71. The number of nitrogens with one attached hydrogen (secondary N) is 1. The molecule has 0 unspecified atom stereocenters. The predicted octanol–water partition coefficient (Wildman–Crippen LogP) is 4.08. The largest absolute Gasteiger partial charge is 0.330 e. The maximum Gasteiger partial charge on any atom is 0.178 e. The average Bonchev–Trinajstić information content (AvgIpc) is 2.94. The molecule has 3 rings (SSSR count). The van der Waals surface area contributed by atoms with Crippen molar-refractivity contribution >= 4 is 34.6 Å². The molecule has 1 N–H and O–H groups in total. The van der Waals surface area contributed by atoms with Crippen LogP contribution in [0.2, 0.25) is 0 Å². The molecule has 0 aliphatic heterocycles. The molecule has 0 bridgehead atoms. The number of imidazole rings is 1. The average molecular weight is 293 g/mol. The van der Waals surface area contributed by atoms with Crippen molar-refractivity contribution in [1.82, 2.24) is 14.5 Å². The Morgan fingerprint density at radius 3 is 2.89 bits per heavy atom. The number of benzene rings is 1. The van der Waals surface area contributed by atoms with Gasteiger partial charge >= 0.3 is 0 Å². The first-order valence-corrected chi connectivity index (χ1v) is 7.09. The molecule has 0 fully saturated rings. The van der Waals surface area contributed by atoms with Gasteiger partial charge in [-0.2, -0.15) is 0 Å². The summed E-state index contributed by atoms with van der Waals surface area (Å²) < 4.78 is 15.8. The molecule has 2 aromatic heterocycles. The van der Waals surface area contributed by atoms with Gasteiger partial charge in [0.2, 0.25) is 0 Å². The van der Waals surface area contributed by atoms with Crippen LogP contribution in [0.5, 0.6) is 0 Å². The van der Waals surface area contributed by atoms with Crippen molar-refractivity contribution in [2.45, 2.75) is 19.4 Å². The molecule has 0 spiro atoms. The van der Waals surface area contributed by atoms with E-state index in [1.54, 1.807) is 23.6 Å². The molecule has 3 nitrogen and oxygen atoms in total. The molecular formula is C13H12FN3S2. The Bertz CT molecular complexity index is 784. The quantitative estimate of drug-likeness (QED) is 0.722. The van der Waals surface area contributed by atoms with E-state index in [1.165, 1.54) is 12.1 Å². The Hall–Kier alpha value is -1.53. The first-order valence-electron chi connectivity index (χ1n) is 5.81. The Balaban J connectivity index is 2.31. The number of hydrogen-bond acceptors (Lipinski definition) is 3. The highest BCUT2D eigenvalue weighted by Crippen LogP contribution is 2.31. The van der Waals surface area contributed by atoms with Crippen LogP contribution in [-0.4, -0.2) is 14.5 Å². The third-order valence-electron chi connectivity index (χ3n) is 3.16. The number of halogens is 1. The summed E-state index contributed by atoms with van der Waals surface area (Å²) in [5.74, 6) is -0.275. The molecule has 0 saturated heterocycles. The summed E-state index contributed by atoms with van der Waals surface area (Å²) in [6, 6.07) is 4.64. The highest BCUT2D eigenvalue weighted by atomic mass is 32.1.